The first-order chi connectivity index (χ1) is 8.74. The minimum absolute atomic E-state index is 0.0553. The van der Waals surface area contributed by atoms with Crippen molar-refractivity contribution in [3.63, 3.8) is 0 Å². The van der Waals surface area contributed by atoms with Crippen LogP contribution in [-0.2, 0) is 9.53 Å². The van der Waals surface area contributed by atoms with Crippen molar-refractivity contribution in [3.05, 3.63) is 0 Å². The molecule has 0 aliphatic carbocycles. The van der Waals surface area contributed by atoms with Gasteiger partial charge in [-0.05, 0) is 19.4 Å². The number of unbranched alkanes of at least 4 members (excludes halogenated alkanes) is 1. The first kappa shape index (κ1) is 15.4. The third-order valence-electron chi connectivity index (χ3n) is 3.14. The number of nitrogens with two attached hydrogens (primary N) is 2. The Balaban J connectivity index is 2.04. The van der Waals surface area contributed by atoms with Gasteiger partial charge in [0.15, 0.2) is 0 Å². The van der Waals surface area contributed by atoms with E-state index in [1.165, 1.54) is 0 Å². The van der Waals surface area contributed by atoms with Gasteiger partial charge < -0.3 is 21.5 Å². The summed E-state index contributed by atoms with van der Waals surface area (Å²) in [5.41, 5.74) is 11.2. The fraction of sp³-hybridized carbons (Fsp3) is 0.917. The number of nitrogens with zero attached hydrogens (tertiary/aromatic N) is 1. The van der Waals surface area contributed by atoms with Gasteiger partial charge in [0.2, 0.25) is 5.91 Å². The standard InChI is InChI=1S/C12H26N4O2/c13-4-2-1-3-11(14)12(17)15-5-6-16-7-9-18-10-8-16/h11H,1-10,13-14H2,(H,15,17)/t11-/m0/s1. The number of nitrogens with one attached hydrogen (secondary N) is 1. The Bertz CT molecular complexity index is 232. The molecule has 5 N–H and O–H groups in total. The predicted octanol–water partition coefficient (Wildman–Crippen LogP) is -1.11. The highest BCUT2D eigenvalue weighted by molar-refractivity contribution is 5.81. The van der Waals surface area contributed by atoms with Crippen molar-refractivity contribution in [3.8, 4) is 0 Å². The Hall–Kier alpha value is -0.690. The van der Waals surface area contributed by atoms with Gasteiger partial charge in [0.1, 0.15) is 0 Å². The summed E-state index contributed by atoms with van der Waals surface area (Å²) in [5.74, 6) is -0.0553. The average molecular weight is 258 g/mol. The summed E-state index contributed by atoms with van der Waals surface area (Å²) in [7, 11) is 0. The summed E-state index contributed by atoms with van der Waals surface area (Å²) in [5, 5.41) is 2.88. The Kier molecular flexibility index (Phi) is 7.91. The van der Waals surface area contributed by atoms with Gasteiger partial charge in [-0.3, -0.25) is 9.69 Å². The van der Waals surface area contributed by atoms with Gasteiger partial charge in [0, 0.05) is 26.2 Å². The molecule has 0 saturated carbocycles. The quantitative estimate of drug-likeness (QED) is 0.480. The van der Waals surface area contributed by atoms with Gasteiger partial charge >= 0.3 is 0 Å². The van der Waals surface area contributed by atoms with E-state index in [1.54, 1.807) is 0 Å². The molecule has 1 amide bonds. The molecule has 1 heterocycles. The van der Waals surface area contributed by atoms with Gasteiger partial charge in [-0.15, -0.1) is 0 Å². The van der Waals surface area contributed by atoms with Crippen LogP contribution in [0.15, 0.2) is 0 Å². The van der Waals surface area contributed by atoms with Crippen LogP contribution in [0.5, 0.6) is 0 Å². The van der Waals surface area contributed by atoms with Crippen LogP contribution in [0.25, 0.3) is 0 Å². The van der Waals surface area contributed by atoms with E-state index in [-0.39, 0.29) is 5.91 Å². The van der Waals surface area contributed by atoms with Gasteiger partial charge in [-0.25, -0.2) is 0 Å². The number of rotatable bonds is 8. The van der Waals surface area contributed by atoms with E-state index in [2.05, 4.69) is 10.2 Å². The van der Waals surface area contributed by atoms with E-state index in [9.17, 15) is 4.79 Å². The monoisotopic (exact) mass is 258 g/mol. The SMILES string of the molecule is NCCCC[C@H](N)C(=O)NCCN1CCOCC1. The smallest absolute Gasteiger partial charge is 0.236 e. The van der Waals surface area contributed by atoms with Crippen LogP contribution >= 0.6 is 0 Å². The van der Waals surface area contributed by atoms with Crippen LogP contribution in [0.3, 0.4) is 0 Å². The van der Waals surface area contributed by atoms with Crippen molar-refractivity contribution in [2.75, 3.05) is 45.9 Å². The minimum atomic E-state index is -0.402. The summed E-state index contributed by atoms with van der Waals surface area (Å²) < 4.78 is 5.26. The highest BCUT2D eigenvalue weighted by atomic mass is 16.5. The van der Waals surface area contributed by atoms with Gasteiger partial charge in [-0.1, -0.05) is 6.42 Å². The third kappa shape index (κ3) is 6.30. The number of hydrogen-bond acceptors (Lipinski definition) is 5. The van der Waals surface area contributed by atoms with Gasteiger partial charge in [0.05, 0.1) is 19.3 Å². The lowest BCUT2D eigenvalue weighted by atomic mass is 10.1. The van der Waals surface area contributed by atoms with Crippen LogP contribution in [0.2, 0.25) is 0 Å². The molecule has 0 radical (unpaired) electrons. The molecule has 18 heavy (non-hydrogen) atoms. The number of carbonyl (C=O) groups is 1. The van der Waals surface area contributed by atoms with E-state index >= 15 is 0 Å². The topological polar surface area (TPSA) is 93.6 Å². The predicted molar refractivity (Wildman–Crippen MR) is 71.1 cm³/mol. The molecule has 6 heteroatoms. The fourth-order valence-corrected chi connectivity index (χ4v) is 1.93. The lowest BCUT2D eigenvalue weighted by Gasteiger charge is -2.26. The molecule has 1 aliphatic rings. The van der Waals surface area contributed by atoms with Gasteiger partial charge in [-0.2, -0.15) is 0 Å². The van der Waals surface area contributed by atoms with E-state index in [4.69, 9.17) is 16.2 Å². The molecule has 6 nitrogen and oxygen atoms in total. The molecule has 1 rings (SSSR count). The highest BCUT2D eigenvalue weighted by Gasteiger charge is 2.14. The second-order valence-corrected chi connectivity index (χ2v) is 4.64. The Morgan fingerprint density at radius 2 is 2.06 bits per heavy atom. The maximum Gasteiger partial charge on any atom is 0.236 e. The molecular formula is C12H26N4O2. The second kappa shape index (κ2) is 9.27. The summed E-state index contributed by atoms with van der Waals surface area (Å²) in [6, 6.07) is -0.402. The van der Waals surface area contributed by atoms with Crippen LogP contribution in [-0.4, -0.2) is 62.8 Å². The Morgan fingerprint density at radius 1 is 1.33 bits per heavy atom. The summed E-state index contributed by atoms with van der Waals surface area (Å²) in [6.45, 7) is 5.63. The van der Waals surface area contributed by atoms with Gasteiger partial charge in [0.25, 0.3) is 0 Å². The minimum Gasteiger partial charge on any atom is -0.379 e. The molecule has 0 spiro atoms. The van der Waals surface area contributed by atoms with Crippen molar-refractivity contribution < 1.29 is 9.53 Å². The number of ether oxygens (including phenoxy) is 1. The maximum absolute atomic E-state index is 11.7. The molecule has 106 valence electrons. The normalized spacial score (nSPS) is 18.6. The average Bonchev–Trinajstić information content (AvgIpc) is 2.40. The zero-order chi connectivity index (χ0) is 13.2. The summed E-state index contributed by atoms with van der Waals surface area (Å²) in [6.07, 6.45) is 2.55. The maximum atomic E-state index is 11.7. The lowest BCUT2D eigenvalue weighted by molar-refractivity contribution is -0.122. The number of amides is 1. The van der Waals surface area contributed by atoms with E-state index in [1.807, 2.05) is 0 Å². The van der Waals surface area contributed by atoms with Crippen molar-refractivity contribution in [1.29, 1.82) is 0 Å². The Labute approximate surface area is 109 Å². The molecule has 1 saturated heterocycles. The first-order valence-corrected chi connectivity index (χ1v) is 6.77. The fourth-order valence-electron chi connectivity index (χ4n) is 1.93. The molecule has 0 aromatic carbocycles. The second-order valence-electron chi connectivity index (χ2n) is 4.64. The van der Waals surface area contributed by atoms with Crippen LogP contribution in [0, 0.1) is 0 Å². The highest BCUT2D eigenvalue weighted by Crippen LogP contribution is 1.98. The lowest BCUT2D eigenvalue weighted by Crippen LogP contribution is -2.45. The van der Waals surface area contributed by atoms with Crippen molar-refractivity contribution in [2.45, 2.75) is 25.3 Å². The van der Waals surface area contributed by atoms with Crippen molar-refractivity contribution in [2.24, 2.45) is 11.5 Å². The third-order valence-corrected chi connectivity index (χ3v) is 3.14. The molecule has 0 unspecified atom stereocenters. The van der Waals surface area contributed by atoms with Crippen molar-refractivity contribution >= 4 is 5.91 Å². The zero-order valence-corrected chi connectivity index (χ0v) is 11.1. The van der Waals surface area contributed by atoms with Crippen LogP contribution < -0.4 is 16.8 Å². The number of morpholine rings is 1. The molecule has 1 fully saturated rings. The van der Waals surface area contributed by atoms with E-state index in [0.717, 1.165) is 45.7 Å². The van der Waals surface area contributed by atoms with Crippen LogP contribution in [0.4, 0.5) is 0 Å². The van der Waals surface area contributed by atoms with E-state index in [0.29, 0.717) is 19.5 Å². The molecule has 1 aliphatic heterocycles. The zero-order valence-electron chi connectivity index (χ0n) is 11.1. The first-order valence-electron chi connectivity index (χ1n) is 6.77. The molecule has 0 aromatic heterocycles. The molecule has 1 atom stereocenters. The molecular weight excluding hydrogens is 232 g/mol. The molecule has 0 aromatic rings. The van der Waals surface area contributed by atoms with Crippen molar-refractivity contribution in [1.82, 2.24) is 10.2 Å². The number of hydrogen-bond donors (Lipinski definition) is 3. The summed E-state index contributed by atoms with van der Waals surface area (Å²) in [4.78, 5) is 13.9. The largest absolute Gasteiger partial charge is 0.379 e. The van der Waals surface area contributed by atoms with Crippen LogP contribution in [0.1, 0.15) is 19.3 Å². The molecule has 0 bridgehead atoms. The Morgan fingerprint density at radius 3 is 2.72 bits per heavy atom. The number of carbonyl (C=O) groups excluding carboxylic acids is 1. The van der Waals surface area contributed by atoms with E-state index < -0.39 is 6.04 Å². The summed E-state index contributed by atoms with van der Waals surface area (Å²) >= 11 is 0.